The van der Waals surface area contributed by atoms with Crippen molar-refractivity contribution >= 4 is 0 Å². The van der Waals surface area contributed by atoms with Crippen LogP contribution in [0.4, 0.5) is 13.2 Å². The number of alkyl halides is 3. The van der Waals surface area contributed by atoms with Crippen molar-refractivity contribution in [1.29, 1.82) is 0 Å². The topological polar surface area (TPSA) is 9.23 Å². The maximum absolute atomic E-state index is 12.3. The largest absolute Gasteiger partial charge is 0.435 e. The molecule has 0 spiro atoms. The third-order valence-corrected chi connectivity index (χ3v) is 5.83. The lowest BCUT2D eigenvalue weighted by molar-refractivity contribution is -0.0498. The second kappa shape index (κ2) is 11.1. The Hall–Kier alpha value is -2.23. The zero-order chi connectivity index (χ0) is 20.5. The lowest BCUT2D eigenvalue weighted by Crippen LogP contribution is -2.13. The number of hydrogen-bond acceptors (Lipinski definition) is 1. The van der Waals surface area contributed by atoms with Gasteiger partial charge in [0, 0.05) is 0 Å². The van der Waals surface area contributed by atoms with Crippen LogP contribution in [0.15, 0.2) is 60.7 Å². The van der Waals surface area contributed by atoms with Crippen LogP contribution < -0.4 is 4.74 Å². The Morgan fingerprint density at radius 1 is 0.828 bits per heavy atom. The number of allylic oxidation sites excluding steroid dienone is 2. The summed E-state index contributed by atoms with van der Waals surface area (Å²) in [5.74, 6) is 1.58. The van der Waals surface area contributed by atoms with Crippen molar-refractivity contribution in [2.24, 2.45) is 5.92 Å². The summed E-state index contributed by atoms with van der Waals surface area (Å²) in [5.41, 5.74) is 3.45. The van der Waals surface area contributed by atoms with E-state index in [4.69, 9.17) is 0 Å². The highest BCUT2D eigenvalue weighted by Crippen LogP contribution is 2.38. The lowest BCUT2D eigenvalue weighted by Gasteiger charge is -2.28. The SMILES string of the molecule is FCCC=CCCC1CCC(c2ccc(-c3ccc(OC(F)F)cc3)cc2)CC1. The fraction of sp³-hybridized carbons (Fsp3) is 0.440. The van der Waals surface area contributed by atoms with Crippen molar-refractivity contribution in [3.05, 3.63) is 66.2 Å². The van der Waals surface area contributed by atoms with Gasteiger partial charge in [0.05, 0.1) is 6.67 Å². The van der Waals surface area contributed by atoms with Gasteiger partial charge in [-0.3, -0.25) is 4.39 Å². The van der Waals surface area contributed by atoms with Gasteiger partial charge in [-0.1, -0.05) is 48.6 Å². The fourth-order valence-electron chi connectivity index (χ4n) is 4.19. The van der Waals surface area contributed by atoms with Crippen LogP contribution in [-0.2, 0) is 0 Å². The maximum atomic E-state index is 12.3. The summed E-state index contributed by atoms with van der Waals surface area (Å²) in [6.07, 6.45) is 11.8. The first kappa shape index (κ1) is 21.5. The van der Waals surface area contributed by atoms with Gasteiger partial charge in [-0.15, -0.1) is 0 Å². The molecule has 0 N–H and O–H groups in total. The fourth-order valence-corrected chi connectivity index (χ4v) is 4.19. The molecule has 4 heteroatoms. The average molecular weight is 403 g/mol. The van der Waals surface area contributed by atoms with Gasteiger partial charge in [0.25, 0.3) is 0 Å². The average Bonchev–Trinajstić information content (AvgIpc) is 2.74. The van der Waals surface area contributed by atoms with Gasteiger partial charge in [-0.05, 0) is 85.6 Å². The Morgan fingerprint density at radius 3 is 2.00 bits per heavy atom. The first-order chi connectivity index (χ1) is 14.2. The highest BCUT2D eigenvalue weighted by molar-refractivity contribution is 5.64. The van der Waals surface area contributed by atoms with E-state index in [1.165, 1.54) is 37.7 Å². The van der Waals surface area contributed by atoms with Crippen LogP contribution in [0.25, 0.3) is 11.1 Å². The van der Waals surface area contributed by atoms with Crippen LogP contribution in [0.2, 0.25) is 0 Å². The Kier molecular flexibility index (Phi) is 8.21. The minimum atomic E-state index is -2.80. The molecule has 3 rings (SSSR count). The van der Waals surface area contributed by atoms with E-state index >= 15 is 0 Å². The third-order valence-electron chi connectivity index (χ3n) is 5.83. The van der Waals surface area contributed by atoms with Gasteiger partial charge < -0.3 is 4.74 Å². The van der Waals surface area contributed by atoms with Gasteiger partial charge in [-0.2, -0.15) is 8.78 Å². The molecule has 0 heterocycles. The second-order valence-corrected chi connectivity index (χ2v) is 7.77. The molecule has 1 fully saturated rings. The second-order valence-electron chi connectivity index (χ2n) is 7.77. The molecule has 1 aliphatic rings. The molecular formula is C25H29F3O. The van der Waals surface area contributed by atoms with Crippen LogP contribution >= 0.6 is 0 Å². The van der Waals surface area contributed by atoms with Crippen molar-refractivity contribution in [2.75, 3.05) is 6.67 Å². The molecule has 0 radical (unpaired) electrons. The minimum absolute atomic E-state index is 0.176. The van der Waals surface area contributed by atoms with Crippen LogP contribution in [0.5, 0.6) is 5.75 Å². The summed E-state index contributed by atoms with van der Waals surface area (Å²) < 4.78 is 41.0. The number of benzene rings is 2. The molecule has 0 atom stereocenters. The molecule has 2 aromatic rings. The molecule has 0 bridgehead atoms. The normalized spacial score (nSPS) is 19.7. The van der Waals surface area contributed by atoms with Crippen molar-refractivity contribution in [3.63, 3.8) is 0 Å². The standard InChI is InChI=1S/C25H29F3O/c26-18-4-2-1-3-5-19-6-8-20(9-7-19)21-10-12-22(13-11-21)23-14-16-24(17-15-23)29-25(27)28/h1-2,10-17,19-20,25H,3-9,18H2. The Balaban J connectivity index is 1.49. The quantitative estimate of drug-likeness (QED) is 0.387. The Bertz CT molecular complexity index is 745. The molecule has 1 aliphatic carbocycles. The zero-order valence-corrected chi connectivity index (χ0v) is 16.7. The summed E-state index contributed by atoms with van der Waals surface area (Å²) in [6.45, 7) is -3.06. The summed E-state index contributed by atoms with van der Waals surface area (Å²) in [4.78, 5) is 0. The number of hydrogen-bond donors (Lipinski definition) is 0. The highest BCUT2D eigenvalue weighted by Gasteiger charge is 2.21. The van der Waals surface area contributed by atoms with E-state index in [0.29, 0.717) is 12.3 Å². The lowest BCUT2D eigenvalue weighted by atomic mass is 9.77. The van der Waals surface area contributed by atoms with E-state index in [1.54, 1.807) is 24.3 Å². The molecule has 0 saturated heterocycles. The predicted octanol–water partition coefficient (Wildman–Crippen LogP) is 7.92. The maximum Gasteiger partial charge on any atom is 0.387 e. The van der Waals surface area contributed by atoms with Crippen molar-refractivity contribution in [1.82, 2.24) is 0 Å². The number of ether oxygens (including phenoxy) is 1. The predicted molar refractivity (Wildman–Crippen MR) is 112 cm³/mol. The van der Waals surface area contributed by atoms with Gasteiger partial charge in [-0.25, -0.2) is 0 Å². The molecule has 156 valence electrons. The molecule has 29 heavy (non-hydrogen) atoms. The molecule has 1 nitrogen and oxygen atoms in total. The van der Waals surface area contributed by atoms with E-state index in [9.17, 15) is 13.2 Å². The molecule has 0 unspecified atom stereocenters. The van der Waals surface area contributed by atoms with Gasteiger partial charge in [0.1, 0.15) is 5.75 Å². The third kappa shape index (κ3) is 6.66. The summed E-state index contributed by atoms with van der Waals surface area (Å²) >= 11 is 0. The number of halogens is 3. The molecular weight excluding hydrogens is 373 g/mol. The van der Waals surface area contributed by atoms with Gasteiger partial charge in [0.2, 0.25) is 0 Å². The Morgan fingerprint density at radius 2 is 1.41 bits per heavy atom. The van der Waals surface area contributed by atoms with Crippen molar-refractivity contribution < 1.29 is 17.9 Å². The van der Waals surface area contributed by atoms with Crippen LogP contribution in [0.3, 0.4) is 0 Å². The molecule has 1 saturated carbocycles. The van der Waals surface area contributed by atoms with Gasteiger partial charge in [0.15, 0.2) is 0 Å². The van der Waals surface area contributed by atoms with Crippen LogP contribution in [0, 0.1) is 5.92 Å². The van der Waals surface area contributed by atoms with Gasteiger partial charge >= 0.3 is 6.61 Å². The molecule has 0 amide bonds. The van der Waals surface area contributed by atoms with E-state index in [-0.39, 0.29) is 12.4 Å². The van der Waals surface area contributed by atoms with Crippen LogP contribution in [-0.4, -0.2) is 13.3 Å². The van der Waals surface area contributed by atoms with Crippen LogP contribution in [0.1, 0.15) is 56.4 Å². The van der Waals surface area contributed by atoms with E-state index in [2.05, 4.69) is 35.1 Å². The highest BCUT2D eigenvalue weighted by atomic mass is 19.3. The molecule has 0 aromatic heterocycles. The summed E-state index contributed by atoms with van der Waals surface area (Å²) in [7, 11) is 0. The summed E-state index contributed by atoms with van der Waals surface area (Å²) in [5, 5.41) is 0. The monoisotopic (exact) mass is 402 g/mol. The molecule has 2 aromatic carbocycles. The van der Waals surface area contributed by atoms with Crippen molar-refractivity contribution in [3.8, 4) is 16.9 Å². The van der Waals surface area contributed by atoms with E-state index in [0.717, 1.165) is 23.5 Å². The van der Waals surface area contributed by atoms with E-state index < -0.39 is 6.61 Å². The molecule has 0 aliphatic heterocycles. The van der Waals surface area contributed by atoms with E-state index in [1.807, 2.05) is 6.08 Å². The number of rotatable bonds is 9. The zero-order valence-electron chi connectivity index (χ0n) is 16.7. The minimum Gasteiger partial charge on any atom is -0.435 e. The van der Waals surface area contributed by atoms with Crippen molar-refractivity contribution in [2.45, 2.75) is 57.5 Å². The summed E-state index contributed by atoms with van der Waals surface area (Å²) in [6, 6.07) is 15.4. The first-order valence-corrected chi connectivity index (χ1v) is 10.5. The first-order valence-electron chi connectivity index (χ1n) is 10.5. The smallest absolute Gasteiger partial charge is 0.387 e. The Labute approximate surface area is 171 Å².